The van der Waals surface area contributed by atoms with Crippen LogP contribution in [0, 0.1) is 6.92 Å². The molecule has 0 aliphatic carbocycles. The molecule has 31 heavy (non-hydrogen) atoms. The second-order valence-electron chi connectivity index (χ2n) is 7.27. The van der Waals surface area contributed by atoms with Gasteiger partial charge in [0.25, 0.3) is 0 Å². The van der Waals surface area contributed by atoms with Crippen molar-refractivity contribution in [2.75, 3.05) is 0 Å². The molecule has 5 aromatic rings. The molecule has 0 unspecified atom stereocenters. The highest BCUT2D eigenvalue weighted by Crippen LogP contribution is 2.27. The van der Waals surface area contributed by atoms with Crippen LogP contribution in [0.5, 0.6) is 5.75 Å². The van der Waals surface area contributed by atoms with Gasteiger partial charge in [-0.2, -0.15) is 5.21 Å². The van der Waals surface area contributed by atoms with Crippen LogP contribution in [0.1, 0.15) is 29.5 Å². The van der Waals surface area contributed by atoms with Gasteiger partial charge in [0, 0.05) is 23.8 Å². The van der Waals surface area contributed by atoms with Crippen LogP contribution in [0.4, 0.5) is 0 Å². The van der Waals surface area contributed by atoms with E-state index >= 15 is 0 Å². The van der Waals surface area contributed by atoms with Crippen molar-refractivity contribution in [2.24, 2.45) is 0 Å². The number of ether oxygens (including phenoxy) is 1. The number of H-pyrrole nitrogens is 1. The third-order valence-electron chi connectivity index (χ3n) is 5.04. The number of aryl methyl sites for hydroxylation is 3. The van der Waals surface area contributed by atoms with Crippen LogP contribution >= 0.6 is 0 Å². The zero-order chi connectivity index (χ0) is 21.0. The number of tetrazole rings is 1. The van der Waals surface area contributed by atoms with Crippen molar-refractivity contribution in [1.29, 1.82) is 0 Å². The SMILES string of the molecule is Cc1oc(-c2ccccc2)nc1COc1ccc2oc(CCCc3nn[nH]n3)cc2c1. The summed E-state index contributed by atoms with van der Waals surface area (Å²) in [6.07, 6.45) is 2.45. The Kier molecular flexibility index (Phi) is 5.18. The van der Waals surface area contributed by atoms with E-state index in [9.17, 15) is 0 Å². The van der Waals surface area contributed by atoms with Crippen molar-refractivity contribution < 1.29 is 13.6 Å². The molecule has 8 heteroatoms. The fourth-order valence-corrected chi connectivity index (χ4v) is 3.42. The van der Waals surface area contributed by atoms with Crippen molar-refractivity contribution in [2.45, 2.75) is 32.8 Å². The number of benzene rings is 2. The molecule has 0 saturated heterocycles. The smallest absolute Gasteiger partial charge is 0.226 e. The molecule has 0 atom stereocenters. The molecule has 0 fully saturated rings. The number of nitrogens with zero attached hydrogens (tertiary/aromatic N) is 4. The van der Waals surface area contributed by atoms with Crippen LogP contribution in [-0.4, -0.2) is 25.6 Å². The highest BCUT2D eigenvalue weighted by Gasteiger charge is 2.12. The first-order valence-electron chi connectivity index (χ1n) is 10.1. The zero-order valence-corrected chi connectivity index (χ0v) is 17.0. The van der Waals surface area contributed by atoms with Gasteiger partial charge in [0.2, 0.25) is 5.89 Å². The third kappa shape index (κ3) is 4.32. The summed E-state index contributed by atoms with van der Waals surface area (Å²) in [6.45, 7) is 2.24. The zero-order valence-electron chi connectivity index (χ0n) is 17.0. The number of fused-ring (bicyclic) bond motifs is 1. The van der Waals surface area contributed by atoms with Gasteiger partial charge in [0.1, 0.15) is 35.2 Å². The van der Waals surface area contributed by atoms with E-state index in [0.717, 1.165) is 58.8 Å². The number of hydrogen-bond acceptors (Lipinski definition) is 7. The van der Waals surface area contributed by atoms with Crippen LogP contribution in [0.2, 0.25) is 0 Å². The first-order chi connectivity index (χ1) is 15.2. The van der Waals surface area contributed by atoms with E-state index in [4.69, 9.17) is 13.6 Å². The second kappa shape index (κ2) is 8.43. The van der Waals surface area contributed by atoms with Gasteiger partial charge in [-0.3, -0.25) is 0 Å². The number of furan rings is 1. The predicted molar refractivity (Wildman–Crippen MR) is 113 cm³/mol. The molecule has 0 aliphatic heterocycles. The molecule has 156 valence electrons. The first kappa shape index (κ1) is 19.0. The van der Waals surface area contributed by atoms with Crippen LogP contribution in [0.3, 0.4) is 0 Å². The molecule has 8 nitrogen and oxygen atoms in total. The molecule has 3 aromatic heterocycles. The Bertz CT molecular complexity index is 1280. The fourth-order valence-electron chi connectivity index (χ4n) is 3.42. The standard InChI is InChI=1S/C23H21N5O3/c1-15-20(24-23(30-15)16-6-3-2-4-7-16)14-29-18-10-11-21-17(12-18)13-19(31-21)8-5-9-22-25-27-28-26-22/h2-4,6-7,10-13H,5,8-9,14H2,1H3,(H,25,26,27,28). The minimum atomic E-state index is 0.336. The lowest BCUT2D eigenvalue weighted by atomic mass is 10.2. The Balaban J connectivity index is 1.23. The minimum Gasteiger partial charge on any atom is -0.487 e. The quantitative estimate of drug-likeness (QED) is 0.393. The molecular formula is C23H21N5O3. The molecular weight excluding hydrogens is 394 g/mol. The largest absolute Gasteiger partial charge is 0.487 e. The maximum atomic E-state index is 5.98. The van der Waals surface area contributed by atoms with E-state index in [0.29, 0.717) is 18.3 Å². The molecule has 0 radical (unpaired) electrons. The van der Waals surface area contributed by atoms with Crippen LogP contribution in [-0.2, 0) is 19.4 Å². The maximum absolute atomic E-state index is 5.98. The lowest BCUT2D eigenvalue weighted by molar-refractivity contribution is 0.300. The average molecular weight is 415 g/mol. The third-order valence-corrected chi connectivity index (χ3v) is 5.04. The Morgan fingerprint density at radius 2 is 1.90 bits per heavy atom. The monoisotopic (exact) mass is 415 g/mol. The van der Waals surface area contributed by atoms with Gasteiger partial charge in [-0.05, 0) is 49.7 Å². The van der Waals surface area contributed by atoms with Gasteiger partial charge in [0.15, 0.2) is 5.82 Å². The number of rotatable bonds is 8. The van der Waals surface area contributed by atoms with Gasteiger partial charge in [0.05, 0.1) is 0 Å². The Labute approximate surface area is 178 Å². The van der Waals surface area contributed by atoms with Crippen molar-refractivity contribution in [3.63, 3.8) is 0 Å². The summed E-state index contributed by atoms with van der Waals surface area (Å²) in [4.78, 5) is 4.59. The second-order valence-corrected chi connectivity index (χ2v) is 7.27. The average Bonchev–Trinajstić information content (AvgIpc) is 3.53. The molecule has 3 heterocycles. The summed E-state index contributed by atoms with van der Waals surface area (Å²) in [6, 6.07) is 17.7. The Morgan fingerprint density at radius 1 is 1.00 bits per heavy atom. The summed E-state index contributed by atoms with van der Waals surface area (Å²) in [7, 11) is 0. The van der Waals surface area contributed by atoms with Gasteiger partial charge in [-0.15, -0.1) is 10.2 Å². The van der Waals surface area contributed by atoms with Gasteiger partial charge >= 0.3 is 0 Å². The highest BCUT2D eigenvalue weighted by molar-refractivity contribution is 5.79. The van der Waals surface area contributed by atoms with E-state index in [-0.39, 0.29) is 0 Å². The van der Waals surface area contributed by atoms with Crippen molar-refractivity contribution in [3.05, 3.63) is 77.6 Å². The number of aromatic amines is 1. The predicted octanol–water partition coefficient (Wildman–Crippen LogP) is 4.66. The van der Waals surface area contributed by atoms with Crippen molar-refractivity contribution in [1.82, 2.24) is 25.6 Å². The summed E-state index contributed by atoms with van der Waals surface area (Å²) < 4.78 is 17.7. The normalized spacial score (nSPS) is 11.3. The van der Waals surface area contributed by atoms with Crippen LogP contribution in [0.25, 0.3) is 22.4 Å². The maximum Gasteiger partial charge on any atom is 0.226 e. The minimum absolute atomic E-state index is 0.336. The first-order valence-corrected chi connectivity index (χ1v) is 10.1. The summed E-state index contributed by atoms with van der Waals surface area (Å²) in [5.41, 5.74) is 2.57. The summed E-state index contributed by atoms with van der Waals surface area (Å²) >= 11 is 0. The van der Waals surface area contributed by atoms with Crippen LogP contribution < -0.4 is 4.74 Å². The fraction of sp³-hybridized carbons (Fsp3) is 0.217. The topological polar surface area (TPSA) is 103 Å². The lowest BCUT2D eigenvalue weighted by Gasteiger charge is -2.04. The van der Waals surface area contributed by atoms with E-state index in [1.807, 2.05) is 61.5 Å². The summed E-state index contributed by atoms with van der Waals surface area (Å²) in [5.74, 6) is 3.76. The molecule has 0 aliphatic rings. The van der Waals surface area contributed by atoms with Crippen LogP contribution in [0.15, 0.2) is 63.4 Å². The van der Waals surface area contributed by atoms with E-state index in [1.165, 1.54) is 0 Å². The molecule has 0 spiro atoms. The molecule has 0 bridgehead atoms. The van der Waals surface area contributed by atoms with Gasteiger partial charge in [-0.1, -0.05) is 23.4 Å². The van der Waals surface area contributed by atoms with E-state index in [2.05, 4.69) is 25.6 Å². The molecule has 5 rings (SSSR count). The lowest BCUT2D eigenvalue weighted by Crippen LogP contribution is -1.97. The Morgan fingerprint density at radius 3 is 2.74 bits per heavy atom. The van der Waals surface area contributed by atoms with E-state index in [1.54, 1.807) is 0 Å². The number of oxazole rings is 1. The number of aromatic nitrogens is 5. The molecule has 0 saturated carbocycles. The highest BCUT2D eigenvalue weighted by atomic mass is 16.5. The van der Waals surface area contributed by atoms with Gasteiger partial charge < -0.3 is 13.6 Å². The molecule has 2 aromatic carbocycles. The number of hydrogen-bond donors (Lipinski definition) is 1. The molecule has 1 N–H and O–H groups in total. The number of nitrogens with one attached hydrogen (secondary N) is 1. The van der Waals surface area contributed by atoms with Crippen molar-refractivity contribution >= 4 is 11.0 Å². The van der Waals surface area contributed by atoms with Gasteiger partial charge in [-0.25, -0.2) is 4.98 Å². The Hall–Kier alpha value is -3.94. The summed E-state index contributed by atoms with van der Waals surface area (Å²) in [5, 5.41) is 15.0. The van der Waals surface area contributed by atoms with E-state index < -0.39 is 0 Å². The molecule has 0 amide bonds. The van der Waals surface area contributed by atoms with Crippen molar-refractivity contribution in [3.8, 4) is 17.2 Å².